The molecule has 1 N–H and O–H groups in total. The molecule has 0 fully saturated rings. The lowest BCUT2D eigenvalue weighted by molar-refractivity contribution is 0.0774. The smallest absolute Gasteiger partial charge is 0.255 e. The lowest BCUT2D eigenvalue weighted by Gasteiger charge is -2.21. The first-order chi connectivity index (χ1) is 11.7. The highest BCUT2D eigenvalue weighted by Crippen LogP contribution is 2.28. The van der Waals surface area contributed by atoms with E-state index in [-0.39, 0.29) is 5.91 Å². The second-order valence-electron chi connectivity index (χ2n) is 5.67. The summed E-state index contributed by atoms with van der Waals surface area (Å²) in [4.78, 5) is 14.6. The van der Waals surface area contributed by atoms with Crippen LogP contribution in [-0.4, -0.2) is 23.9 Å². The van der Waals surface area contributed by atoms with Crippen molar-refractivity contribution in [2.75, 3.05) is 18.4 Å². The van der Waals surface area contributed by atoms with Crippen molar-refractivity contribution in [3.8, 4) is 0 Å². The molecule has 0 saturated heterocycles. The molecule has 3 aromatic carbocycles. The van der Waals surface area contributed by atoms with E-state index in [0.29, 0.717) is 18.7 Å². The van der Waals surface area contributed by atoms with Gasteiger partial charge in [0, 0.05) is 24.2 Å². The maximum atomic E-state index is 12.8. The van der Waals surface area contributed by atoms with Gasteiger partial charge in [-0.15, -0.1) is 0 Å². The van der Waals surface area contributed by atoms with E-state index in [2.05, 4.69) is 23.5 Å². The Morgan fingerprint density at radius 3 is 2.25 bits per heavy atom. The van der Waals surface area contributed by atoms with Gasteiger partial charge in [0.15, 0.2) is 0 Å². The lowest BCUT2D eigenvalue weighted by atomic mass is 10.1. The quantitative estimate of drug-likeness (QED) is 0.712. The summed E-state index contributed by atoms with van der Waals surface area (Å²) in [5, 5.41) is 5.77. The Bertz CT molecular complexity index is 848. The summed E-state index contributed by atoms with van der Waals surface area (Å²) in [6, 6.07) is 22.1. The summed E-state index contributed by atoms with van der Waals surface area (Å²) in [7, 11) is 0. The summed E-state index contributed by atoms with van der Waals surface area (Å²) in [6.45, 7) is 5.42. The van der Waals surface area contributed by atoms with Gasteiger partial charge in [-0.05, 0) is 37.4 Å². The number of benzene rings is 3. The van der Waals surface area contributed by atoms with Crippen LogP contribution in [0.5, 0.6) is 0 Å². The van der Waals surface area contributed by atoms with Crippen LogP contribution >= 0.6 is 0 Å². The zero-order valence-corrected chi connectivity index (χ0v) is 14.1. The monoisotopic (exact) mass is 318 g/mol. The number of hydrogen-bond donors (Lipinski definition) is 1. The zero-order valence-electron chi connectivity index (χ0n) is 14.1. The summed E-state index contributed by atoms with van der Waals surface area (Å²) in [5.41, 5.74) is 2.55. The molecule has 3 heteroatoms. The number of carbonyl (C=O) groups is 1. The fourth-order valence-corrected chi connectivity index (χ4v) is 2.94. The van der Waals surface area contributed by atoms with Gasteiger partial charge in [0.25, 0.3) is 5.91 Å². The predicted octanol–water partition coefficient (Wildman–Crippen LogP) is 5.07. The molecule has 0 atom stereocenters. The van der Waals surface area contributed by atoms with E-state index in [1.54, 1.807) is 0 Å². The molecular formula is C21H22N2O. The number of nitrogens with zero attached hydrogens (tertiary/aromatic N) is 1. The molecule has 0 heterocycles. The van der Waals surface area contributed by atoms with Crippen LogP contribution in [-0.2, 0) is 0 Å². The minimum atomic E-state index is 0.0586. The van der Waals surface area contributed by atoms with Gasteiger partial charge in [-0.1, -0.05) is 48.5 Å². The molecule has 0 saturated carbocycles. The van der Waals surface area contributed by atoms with Crippen molar-refractivity contribution in [2.24, 2.45) is 0 Å². The van der Waals surface area contributed by atoms with E-state index in [0.717, 1.165) is 16.8 Å². The molecule has 24 heavy (non-hydrogen) atoms. The highest BCUT2D eigenvalue weighted by molar-refractivity contribution is 6.02. The predicted molar refractivity (Wildman–Crippen MR) is 101 cm³/mol. The molecule has 0 unspecified atom stereocenters. The molecule has 0 aromatic heterocycles. The first-order valence-electron chi connectivity index (χ1n) is 8.37. The fraction of sp³-hybridized carbons (Fsp3) is 0.190. The Morgan fingerprint density at radius 1 is 0.833 bits per heavy atom. The van der Waals surface area contributed by atoms with E-state index in [9.17, 15) is 4.79 Å². The van der Waals surface area contributed by atoms with E-state index < -0.39 is 0 Å². The van der Waals surface area contributed by atoms with Gasteiger partial charge in [0.2, 0.25) is 0 Å². The van der Waals surface area contributed by atoms with Crippen molar-refractivity contribution >= 4 is 28.1 Å². The molecule has 3 rings (SSSR count). The molecule has 0 aliphatic rings. The van der Waals surface area contributed by atoms with Gasteiger partial charge >= 0.3 is 0 Å². The number of hydrogen-bond acceptors (Lipinski definition) is 2. The number of fused-ring (bicyclic) bond motifs is 1. The van der Waals surface area contributed by atoms with Crippen molar-refractivity contribution in [3.63, 3.8) is 0 Å². The Kier molecular flexibility index (Phi) is 4.80. The van der Waals surface area contributed by atoms with Crippen LogP contribution in [0.3, 0.4) is 0 Å². The van der Waals surface area contributed by atoms with E-state index in [1.807, 2.05) is 67.3 Å². The second-order valence-corrected chi connectivity index (χ2v) is 5.67. The number of carbonyl (C=O) groups excluding carboxylic acids is 1. The third-order valence-electron chi connectivity index (χ3n) is 4.27. The third kappa shape index (κ3) is 3.11. The molecule has 0 spiro atoms. The largest absolute Gasteiger partial charge is 0.354 e. The fourth-order valence-electron chi connectivity index (χ4n) is 2.94. The Hall–Kier alpha value is -2.81. The van der Waals surface area contributed by atoms with Gasteiger partial charge in [-0.25, -0.2) is 0 Å². The molecular weight excluding hydrogens is 296 g/mol. The van der Waals surface area contributed by atoms with E-state index in [1.165, 1.54) is 5.39 Å². The summed E-state index contributed by atoms with van der Waals surface area (Å²) in [5.74, 6) is 0.0586. The second kappa shape index (κ2) is 7.18. The van der Waals surface area contributed by atoms with Crippen molar-refractivity contribution in [1.82, 2.24) is 4.90 Å². The molecule has 0 aliphatic heterocycles. The molecule has 0 aliphatic carbocycles. The minimum Gasteiger partial charge on any atom is -0.354 e. The Balaban J connectivity index is 2.00. The van der Waals surface area contributed by atoms with Crippen LogP contribution in [0.1, 0.15) is 24.2 Å². The average Bonchev–Trinajstić information content (AvgIpc) is 2.63. The number of nitrogens with one attached hydrogen (secondary N) is 1. The Labute approximate surface area is 142 Å². The number of para-hydroxylation sites is 1. The first-order valence-corrected chi connectivity index (χ1v) is 8.37. The molecule has 1 amide bonds. The average molecular weight is 318 g/mol. The van der Waals surface area contributed by atoms with Crippen LogP contribution in [0, 0.1) is 0 Å². The summed E-state index contributed by atoms with van der Waals surface area (Å²) in [6.07, 6.45) is 0. The van der Waals surface area contributed by atoms with Crippen molar-refractivity contribution in [1.29, 1.82) is 0 Å². The molecule has 0 bridgehead atoms. The Morgan fingerprint density at radius 2 is 1.46 bits per heavy atom. The minimum absolute atomic E-state index is 0.0586. The molecule has 3 nitrogen and oxygen atoms in total. The van der Waals surface area contributed by atoms with Crippen LogP contribution < -0.4 is 5.32 Å². The standard InChI is InChI=1S/C21H22N2O/c1-3-23(4-2)21(24)18-13-7-8-14-20(18)22-19-15-9-11-16-10-5-6-12-17(16)19/h5-15,22H,3-4H2,1-2H3. The van der Waals surface area contributed by atoms with Crippen molar-refractivity contribution in [3.05, 3.63) is 72.3 Å². The molecule has 0 radical (unpaired) electrons. The maximum absolute atomic E-state index is 12.8. The van der Waals surface area contributed by atoms with Crippen LogP contribution in [0.2, 0.25) is 0 Å². The van der Waals surface area contributed by atoms with Gasteiger partial charge in [-0.3, -0.25) is 4.79 Å². The maximum Gasteiger partial charge on any atom is 0.255 e. The summed E-state index contributed by atoms with van der Waals surface area (Å²) >= 11 is 0. The zero-order chi connectivity index (χ0) is 16.9. The number of rotatable bonds is 5. The van der Waals surface area contributed by atoms with Crippen molar-refractivity contribution < 1.29 is 4.79 Å². The highest BCUT2D eigenvalue weighted by atomic mass is 16.2. The topological polar surface area (TPSA) is 32.3 Å². The number of anilines is 2. The molecule has 3 aromatic rings. The van der Waals surface area contributed by atoms with E-state index >= 15 is 0 Å². The lowest BCUT2D eigenvalue weighted by Crippen LogP contribution is -2.30. The molecule has 122 valence electrons. The summed E-state index contributed by atoms with van der Waals surface area (Å²) < 4.78 is 0. The highest BCUT2D eigenvalue weighted by Gasteiger charge is 2.16. The number of amides is 1. The third-order valence-corrected chi connectivity index (χ3v) is 4.27. The first kappa shape index (κ1) is 16.1. The SMILES string of the molecule is CCN(CC)C(=O)c1ccccc1Nc1cccc2ccccc12. The van der Waals surface area contributed by atoms with Crippen LogP contribution in [0.25, 0.3) is 10.8 Å². The van der Waals surface area contributed by atoms with E-state index in [4.69, 9.17) is 0 Å². The van der Waals surface area contributed by atoms with Gasteiger partial charge < -0.3 is 10.2 Å². The van der Waals surface area contributed by atoms with Crippen LogP contribution in [0.15, 0.2) is 66.7 Å². The van der Waals surface area contributed by atoms with Crippen molar-refractivity contribution in [2.45, 2.75) is 13.8 Å². The van der Waals surface area contributed by atoms with Gasteiger partial charge in [0.05, 0.1) is 11.3 Å². The van der Waals surface area contributed by atoms with Gasteiger partial charge in [-0.2, -0.15) is 0 Å². The van der Waals surface area contributed by atoms with Gasteiger partial charge in [0.1, 0.15) is 0 Å². The normalized spacial score (nSPS) is 10.6. The van der Waals surface area contributed by atoms with Crippen LogP contribution in [0.4, 0.5) is 11.4 Å².